The average molecular weight is 261 g/mol. The van der Waals surface area contributed by atoms with E-state index in [1.165, 1.54) is 16.7 Å². The van der Waals surface area contributed by atoms with Crippen molar-refractivity contribution in [2.75, 3.05) is 19.6 Å². The van der Waals surface area contributed by atoms with Crippen molar-refractivity contribution in [3.8, 4) is 0 Å². The molecule has 0 bridgehead atoms. The molecule has 4 heteroatoms. The van der Waals surface area contributed by atoms with Gasteiger partial charge in [-0.1, -0.05) is 23.8 Å². The normalized spacial score (nSPS) is 19.6. The van der Waals surface area contributed by atoms with Gasteiger partial charge in [-0.15, -0.1) is 0 Å². The molecule has 4 nitrogen and oxygen atoms in total. The summed E-state index contributed by atoms with van der Waals surface area (Å²) in [6.45, 7) is 7.26. The molecule has 104 valence electrons. The first kappa shape index (κ1) is 14.0. The van der Waals surface area contributed by atoms with Crippen molar-refractivity contribution >= 4 is 5.91 Å². The number of nitrogens with one attached hydrogen (secondary N) is 1. The summed E-state index contributed by atoms with van der Waals surface area (Å²) < 4.78 is 0. The van der Waals surface area contributed by atoms with Gasteiger partial charge in [-0.05, 0) is 31.4 Å². The van der Waals surface area contributed by atoms with Crippen LogP contribution in [0.25, 0.3) is 0 Å². The largest absolute Gasteiger partial charge is 0.351 e. The third-order valence-corrected chi connectivity index (χ3v) is 3.71. The van der Waals surface area contributed by atoms with Crippen LogP contribution in [-0.4, -0.2) is 36.5 Å². The number of likely N-dealkylation sites (tertiary alicyclic amines) is 1. The van der Waals surface area contributed by atoms with Gasteiger partial charge in [0, 0.05) is 25.7 Å². The summed E-state index contributed by atoms with van der Waals surface area (Å²) in [5.41, 5.74) is 9.33. The number of rotatable bonds is 4. The molecule has 0 spiro atoms. The summed E-state index contributed by atoms with van der Waals surface area (Å²) in [5, 5.41) is 2.96. The molecule has 1 amide bonds. The highest BCUT2D eigenvalue weighted by Crippen LogP contribution is 2.17. The van der Waals surface area contributed by atoms with Crippen LogP contribution in [0.5, 0.6) is 0 Å². The van der Waals surface area contributed by atoms with Crippen LogP contribution in [0.15, 0.2) is 18.2 Å². The van der Waals surface area contributed by atoms with Crippen molar-refractivity contribution in [2.45, 2.75) is 32.9 Å². The molecule has 2 rings (SSSR count). The number of hydrogen-bond acceptors (Lipinski definition) is 3. The van der Waals surface area contributed by atoms with Crippen molar-refractivity contribution < 1.29 is 4.79 Å². The molecular weight excluding hydrogens is 238 g/mol. The van der Waals surface area contributed by atoms with E-state index in [1.807, 2.05) is 0 Å². The topological polar surface area (TPSA) is 58.4 Å². The van der Waals surface area contributed by atoms with E-state index in [9.17, 15) is 4.79 Å². The Hall–Kier alpha value is -1.39. The molecule has 19 heavy (non-hydrogen) atoms. The van der Waals surface area contributed by atoms with Crippen molar-refractivity contribution in [3.63, 3.8) is 0 Å². The van der Waals surface area contributed by atoms with Gasteiger partial charge in [0.15, 0.2) is 0 Å². The first-order chi connectivity index (χ1) is 9.08. The van der Waals surface area contributed by atoms with Gasteiger partial charge in [0.2, 0.25) is 5.91 Å². The maximum atomic E-state index is 11.3. The third kappa shape index (κ3) is 3.78. The molecule has 0 radical (unpaired) electrons. The number of carbonyl (C=O) groups is 1. The molecule has 1 aromatic carbocycles. The lowest BCUT2D eigenvalue weighted by atomic mass is 10.1. The lowest BCUT2D eigenvalue weighted by Gasteiger charge is -2.18. The van der Waals surface area contributed by atoms with E-state index in [4.69, 9.17) is 5.73 Å². The first-order valence-corrected chi connectivity index (χ1v) is 6.86. The predicted octanol–water partition coefficient (Wildman–Crippen LogP) is 0.953. The first-order valence-electron chi connectivity index (χ1n) is 6.86. The SMILES string of the molecule is Cc1ccc(CN2CC[C@@H](NC(=O)CN)C2)c(C)c1. The van der Waals surface area contributed by atoms with Crippen LogP contribution in [0.2, 0.25) is 0 Å². The number of carbonyl (C=O) groups excluding carboxylic acids is 1. The number of hydrogen-bond donors (Lipinski definition) is 2. The predicted molar refractivity (Wildman–Crippen MR) is 76.8 cm³/mol. The van der Waals surface area contributed by atoms with Crippen molar-refractivity contribution in [1.82, 2.24) is 10.2 Å². The summed E-state index contributed by atoms with van der Waals surface area (Å²) in [7, 11) is 0. The lowest BCUT2D eigenvalue weighted by Crippen LogP contribution is -2.40. The molecule has 1 aromatic rings. The minimum Gasteiger partial charge on any atom is -0.351 e. The zero-order chi connectivity index (χ0) is 13.8. The monoisotopic (exact) mass is 261 g/mol. The van der Waals surface area contributed by atoms with Crippen LogP contribution in [0, 0.1) is 13.8 Å². The number of nitrogens with zero attached hydrogens (tertiary/aromatic N) is 1. The van der Waals surface area contributed by atoms with Crippen molar-refractivity contribution in [1.29, 1.82) is 0 Å². The Morgan fingerprint density at radius 3 is 2.95 bits per heavy atom. The second kappa shape index (κ2) is 6.17. The zero-order valence-corrected chi connectivity index (χ0v) is 11.8. The molecule has 1 aliphatic heterocycles. The molecule has 0 aliphatic carbocycles. The van der Waals surface area contributed by atoms with Gasteiger partial charge in [0.05, 0.1) is 6.54 Å². The molecule has 0 unspecified atom stereocenters. The lowest BCUT2D eigenvalue weighted by molar-refractivity contribution is -0.120. The molecule has 0 aromatic heterocycles. The molecule has 0 saturated carbocycles. The van der Waals surface area contributed by atoms with Crippen LogP contribution in [0.3, 0.4) is 0 Å². The standard InChI is InChI=1S/C15H23N3O/c1-11-3-4-13(12(2)7-11)9-18-6-5-14(10-18)17-15(19)8-16/h3-4,7,14H,5-6,8-10,16H2,1-2H3,(H,17,19)/t14-/m1/s1. The molecule has 1 heterocycles. The maximum Gasteiger partial charge on any atom is 0.233 e. The Bertz CT molecular complexity index is 459. The van der Waals surface area contributed by atoms with E-state index in [1.54, 1.807) is 0 Å². The van der Waals surface area contributed by atoms with Gasteiger partial charge in [0.1, 0.15) is 0 Å². The molecule has 1 fully saturated rings. The summed E-state index contributed by atoms with van der Waals surface area (Å²) >= 11 is 0. The Labute approximate surface area is 115 Å². The van der Waals surface area contributed by atoms with E-state index in [2.05, 4.69) is 42.3 Å². The molecule has 3 N–H and O–H groups in total. The molecule has 1 atom stereocenters. The van der Waals surface area contributed by atoms with Crippen LogP contribution in [0.1, 0.15) is 23.1 Å². The summed E-state index contributed by atoms with van der Waals surface area (Å²) in [5.74, 6) is -0.0571. The zero-order valence-electron chi connectivity index (χ0n) is 11.8. The molecular formula is C15H23N3O. The smallest absolute Gasteiger partial charge is 0.233 e. The minimum atomic E-state index is -0.0571. The number of aryl methyl sites for hydroxylation is 2. The maximum absolute atomic E-state index is 11.3. The Morgan fingerprint density at radius 2 is 2.26 bits per heavy atom. The van der Waals surface area contributed by atoms with Gasteiger partial charge in [-0.25, -0.2) is 0 Å². The van der Waals surface area contributed by atoms with Crippen LogP contribution >= 0.6 is 0 Å². The summed E-state index contributed by atoms with van der Waals surface area (Å²) in [6, 6.07) is 6.84. The average Bonchev–Trinajstić information content (AvgIpc) is 2.80. The van der Waals surface area contributed by atoms with Gasteiger partial charge < -0.3 is 11.1 Å². The quantitative estimate of drug-likeness (QED) is 0.848. The Kier molecular flexibility index (Phi) is 4.56. The molecule has 1 saturated heterocycles. The van der Waals surface area contributed by atoms with Gasteiger partial charge in [-0.2, -0.15) is 0 Å². The van der Waals surface area contributed by atoms with Gasteiger partial charge in [0.25, 0.3) is 0 Å². The summed E-state index contributed by atoms with van der Waals surface area (Å²) in [6.07, 6.45) is 1.01. The van der Waals surface area contributed by atoms with E-state index in [0.717, 1.165) is 26.1 Å². The fourth-order valence-corrected chi connectivity index (χ4v) is 2.64. The van der Waals surface area contributed by atoms with E-state index in [-0.39, 0.29) is 18.5 Å². The Balaban J connectivity index is 1.89. The van der Waals surface area contributed by atoms with Crippen LogP contribution in [-0.2, 0) is 11.3 Å². The van der Waals surface area contributed by atoms with E-state index in [0.29, 0.717) is 0 Å². The second-order valence-corrected chi connectivity index (χ2v) is 5.42. The summed E-state index contributed by atoms with van der Waals surface area (Å²) in [4.78, 5) is 13.7. The number of nitrogens with two attached hydrogens (primary N) is 1. The third-order valence-electron chi connectivity index (χ3n) is 3.71. The fraction of sp³-hybridized carbons (Fsp3) is 0.533. The highest BCUT2D eigenvalue weighted by Gasteiger charge is 2.23. The Morgan fingerprint density at radius 1 is 1.47 bits per heavy atom. The fourth-order valence-electron chi connectivity index (χ4n) is 2.64. The highest BCUT2D eigenvalue weighted by molar-refractivity contribution is 5.78. The van der Waals surface area contributed by atoms with E-state index >= 15 is 0 Å². The number of benzene rings is 1. The van der Waals surface area contributed by atoms with Crippen LogP contribution in [0.4, 0.5) is 0 Å². The minimum absolute atomic E-state index is 0.0571. The van der Waals surface area contributed by atoms with Gasteiger partial charge >= 0.3 is 0 Å². The second-order valence-electron chi connectivity index (χ2n) is 5.42. The highest BCUT2D eigenvalue weighted by atomic mass is 16.1. The van der Waals surface area contributed by atoms with Crippen molar-refractivity contribution in [2.24, 2.45) is 5.73 Å². The molecule has 1 aliphatic rings. The van der Waals surface area contributed by atoms with Gasteiger partial charge in [-0.3, -0.25) is 9.69 Å². The van der Waals surface area contributed by atoms with E-state index < -0.39 is 0 Å². The number of amides is 1. The van der Waals surface area contributed by atoms with Crippen LogP contribution < -0.4 is 11.1 Å². The van der Waals surface area contributed by atoms with Crippen molar-refractivity contribution in [3.05, 3.63) is 34.9 Å².